The first-order valence-corrected chi connectivity index (χ1v) is 7.05. The van der Waals surface area contributed by atoms with Gasteiger partial charge in [0.1, 0.15) is 0 Å². The van der Waals surface area contributed by atoms with Gasteiger partial charge in [-0.05, 0) is 32.5 Å². The van der Waals surface area contributed by atoms with Crippen molar-refractivity contribution < 1.29 is 4.79 Å². The van der Waals surface area contributed by atoms with Crippen LogP contribution in [-0.4, -0.2) is 59.1 Å². The summed E-state index contributed by atoms with van der Waals surface area (Å²) in [7, 11) is 3.99. The third-order valence-electron chi connectivity index (χ3n) is 4.14. The van der Waals surface area contributed by atoms with E-state index in [1.807, 2.05) is 36.2 Å². The molecule has 106 valence electrons. The minimum Gasteiger partial charge on any atom is -0.336 e. The molecule has 0 saturated carbocycles. The first-order valence-electron chi connectivity index (χ1n) is 7.05. The summed E-state index contributed by atoms with van der Waals surface area (Å²) < 4.78 is 0. The number of para-hydroxylation sites is 1. The number of likely N-dealkylation sites (tertiary alicyclic amines) is 1. The van der Waals surface area contributed by atoms with Crippen LogP contribution in [0.15, 0.2) is 24.3 Å². The third kappa shape index (κ3) is 2.29. The number of fused-ring (bicyclic) bond motifs is 1. The average molecular weight is 272 g/mol. The Balaban J connectivity index is 1.84. The molecule has 1 aliphatic heterocycles. The van der Waals surface area contributed by atoms with E-state index >= 15 is 0 Å². The lowest BCUT2D eigenvalue weighted by molar-refractivity contribution is 0.0640. The maximum absolute atomic E-state index is 12.7. The number of aromatic amines is 1. The van der Waals surface area contributed by atoms with E-state index in [0.717, 1.165) is 36.8 Å². The van der Waals surface area contributed by atoms with Gasteiger partial charge in [0.05, 0.1) is 5.52 Å². The van der Waals surface area contributed by atoms with E-state index in [1.54, 1.807) is 0 Å². The quantitative estimate of drug-likeness (QED) is 0.906. The molecule has 1 N–H and O–H groups in total. The number of piperidine rings is 1. The monoisotopic (exact) mass is 272 g/mol. The second-order valence-electron chi connectivity index (χ2n) is 5.59. The van der Waals surface area contributed by atoms with Crippen LogP contribution in [0.2, 0.25) is 0 Å². The highest BCUT2D eigenvalue weighted by Gasteiger charge is 2.27. The molecule has 3 rings (SSSR count). The number of nitrogens with one attached hydrogen (secondary N) is 1. The summed E-state index contributed by atoms with van der Waals surface area (Å²) in [5, 5.41) is 8.02. The standard InChI is InChI=1S/C15H20N4O/c1-18-9-5-6-11(10-18)19(2)15(20)14-12-7-3-4-8-13(12)16-17-14/h3-4,7-8,11H,5-6,9-10H2,1-2H3,(H,16,17). The number of aromatic nitrogens is 2. The number of nitrogens with zero attached hydrogens (tertiary/aromatic N) is 3. The van der Waals surface area contributed by atoms with Crippen LogP contribution in [0.25, 0.3) is 10.9 Å². The van der Waals surface area contributed by atoms with Gasteiger partial charge in [-0.15, -0.1) is 0 Å². The van der Waals surface area contributed by atoms with E-state index in [1.165, 1.54) is 0 Å². The Kier molecular flexibility index (Phi) is 3.44. The van der Waals surface area contributed by atoms with Crippen molar-refractivity contribution in [3.63, 3.8) is 0 Å². The highest BCUT2D eigenvalue weighted by Crippen LogP contribution is 2.20. The smallest absolute Gasteiger partial charge is 0.275 e. The summed E-state index contributed by atoms with van der Waals surface area (Å²) in [6.45, 7) is 2.05. The number of rotatable bonds is 2. The number of benzene rings is 1. The van der Waals surface area contributed by atoms with Crippen molar-refractivity contribution in [1.82, 2.24) is 20.0 Å². The summed E-state index contributed by atoms with van der Waals surface area (Å²) in [6, 6.07) is 8.02. The molecule has 1 unspecified atom stereocenters. The van der Waals surface area contributed by atoms with Crippen molar-refractivity contribution in [1.29, 1.82) is 0 Å². The molecule has 1 fully saturated rings. The van der Waals surface area contributed by atoms with Crippen LogP contribution in [-0.2, 0) is 0 Å². The Morgan fingerprint density at radius 1 is 1.45 bits per heavy atom. The van der Waals surface area contributed by atoms with Crippen molar-refractivity contribution in [2.24, 2.45) is 0 Å². The molecule has 0 spiro atoms. The Hall–Kier alpha value is -1.88. The van der Waals surface area contributed by atoms with Crippen molar-refractivity contribution in [2.45, 2.75) is 18.9 Å². The molecule has 1 amide bonds. The lowest BCUT2D eigenvalue weighted by Gasteiger charge is -2.35. The SMILES string of the molecule is CN1CCCC(N(C)C(=O)c2n[nH]c3ccccc23)C1. The van der Waals surface area contributed by atoms with Crippen LogP contribution in [0.5, 0.6) is 0 Å². The molecule has 20 heavy (non-hydrogen) atoms. The molecular formula is C15H20N4O. The normalized spacial score (nSPS) is 20.2. The fourth-order valence-electron chi connectivity index (χ4n) is 2.91. The van der Waals surface area contributed by atoms with E-state index in [4.69, 9.17) is 0 Å². The molecule has 5 nitrogen and oxygen atoms in total. The highest BCUT2D eigenvalue weighted by atomic mass is 16.2. The largest absolute Gasteiger partial charge is 0.336 e. The van der Waals surface area contributed by atoms with Gasteiger partial charge in [-0.25, -0.2) is 0 Å². The molecule has 2 heterocycles. The van der Waals surface area contributed by atoms with E-state index < -0.39 is 0 Å². The van der Waals surface area contributed by atoms with Gasteiger partial charge in [0.2, 0.25) is 0 Å². The first kappa shape index (κ1) is 13.1. The molecule has 1 atom stereocenters. The number of hydrogen-bond donors (Lipinski definition) is 1. The van der Waals surface area contributed by atoms with Crippen LogP contribution in [0.1, 0.15) is 23.3 Å². The zero-order valence-electron chi connectivity index (χ0n) is 12.0. The van der Waals surface area contributed by atoms with Gasteiger partial charge in [0, 0.05) is 25.0 Å². The Bertz CT molecular complexity index is 621. The second kappa shape index (κ2) is 5.25. The van der Waals surface area contributed by atoms with Gasteiger partial charge >= 0.3 is 0 Å². The molecule has 1 aromatic heterocycles. The summed E-state index contributed by atoms with van der Waals surface area (Å²) in [5.41, 5.74) is 1.43. The van der Waals surface area contributed by atoms with Crippen LogP contribution >= 0.6 is 0 Å². The number of carbonyl (C=O) groups excluding carboxylic acids is 1. The zero-order valence-corrected chi connectivity index (χ0v) is 12.0. The maximum Gasteiger partial charge on any atom is 0.275 e. The fourth-order valence-corrected chi connectivity index (χ4v) is 2.91. The Labute approximate surface area is 118 Å². The Morgan fingerprint density at radius 3 is 3.05 bits per heavy atom. The van der Waals surface area contributed by atoms with E-state index in [9.17, 15) is 4.79 Å². The van der Waals surface area contributed by atoms with Crippen LogP contribution in [0.4, 0.5) is 0 Å². The van der Waals surface area contributed by atoms with Gasteiger partial charge < -0.3 is 9.80 Å². The van der Waals surface area contributed by atoms with Crippen LogP contribution in [0, 0.1) is 0 Å². The molecule has 0 aliphatic carbocycles. The highest BCUT2D eigenvalue weighted by molar-refractivity contribution is 6.04. The predicted molar refractivity (Wildman–Crippen MR) is 78.7 cm³/mol. The molecule has 1 aliphatic rings. The molecule has 2 aromatic rings. The van der Waals surface area contributed by atoms with Gasteiger partial charge in [-0.1, -0.05) is 18.2 Å². The van der Waals surface area contributed by atoms with Crippen LogP contribution < -0.4 is 0 Å². The molecule has 0 radical (unpaired) electrons. The average Bonchev–Trinajstić information content (AvgIpc) is 2.89. The molecule has 1 aromatic carbocycles. The Morgan fingerprint density at radius 2 is 2.25 bits per heavy atom. The molecule has 0 bridgehead atoms. The lowest BCUT2D eigenvalue weighted by atomic mass is 10.0. The summed E-state index contributed by atoms with van der Waals surface area (Å²) in [4.78, 5) is 16.8. The lowest BCUT2D eigenvalue weighted by Crippen LogP contribution is -2.47. The van der Waals surface area contributed by atoms with Crippen molar-refractivity contribution in [3.8, 4) is 0 Å². The van der Waals surface area contributed by atoms with Gasteiger partial charge in [0.15, 0.2) is 5.69 Å². The first-order chi connectivity index (χ1) is 9.66. The van der Waals surface area contributed by atoms with Crippen molar-refractivity contribution in [3.05, 3.63) is 30.0 Å². The number of amides is 1. The number of hydrogen-bond acceptors (Lipinski definition) is 3. The predicted octanol–water partition coefficient (Wildman–Crippen LogP) is 1.73. The topological polar surface area (TPSA) is 52.2 Å². The molecular weight excluding hydrogens is 252 g/mol. The number of carbonyl (C=O) groups is 1. The van der Waals surface area contributed by atoms with E-state index in [-0.39, 0.29) is 11.9 Å². The van der Waals surface area contributed by atoms with Crippen molar-refractivity contribution >= 4 is 16.8 Å². The fraction of sp³-hybridized carbons (Fsp3) is 0.467. The van der Waals surface area contributed by atoms with Crippen molar-refractivity contribution in [2.75, 3.05) is 27.2 Å². The zero-order chi connectivity index (χ0) is 14.1. The summed E-state index contributed by atoms with van der Waals surface area (Å²) in [5.74, 6) is 0.00255. The van der Waals surface area contributed by atoms with Gasteiger partial charge in [-0.2, -0.15) is 5.10 Å². The molecule has 5 heteroatoms. The molecule has 1 saturated heterocycles. The minimum absolute atomic E-state index is 0.00255. The maximum atomic E-state index is 12.7. The van der Waals surface area contributed by atoms with Gasteiger partial charge in [-0.3, -0.25) is 9.89 Å². The third-order valence-corrected chi connectivity index (χ3v) is 4.14. The van der Waals surface area contributed by atoms with E-state index in [2.05, 4.69) is 22.1 Å². The minimum atomic E-state index is 0.00255. The summed E-state index contributed by atoms with van der Waals surface area (Å²) >= 11 is 0. The summed E-state index contributed by atoms with van der Waals surface area (Å²) in [6.07, 6.45) is 2.20. The number of H-pyrrole nitrogens is 1. The van der Waals surface area contributed by atoms with E-state index in [0.29, 0.717) is 5.69 Å². The second-order valence-corrected chi connectivity index (χ2v) is 5.59. The van der Waals surface area contributed by atoms with Crippen LogP contribution in [0.3, 0.4) is 0 Å². The van der Waals surface area contributed by atoms with Gasteiger partial charge in [0.25, 0.3) is 5.91 Å². The number of likely N-dealkylation sites (N-methyl/N-ethyl adjacent to an activating group) is 2.